The average Bonchev–Trinajstić information content (AvgIpc) is 2.04. The highest BCUT2D eigenvalue weighted by atomic mass is 32.1. The fourth-order valence-corrected chi connectivity index (χ4v) is 0.912. The highest BCUT2D eigenvalue weighted by molar-refractivity contribution is 7.79. The zero-order valence-electron chi connectivity index (χ0n) is 5.56. The Morgan fingerprint density at radius 3 is 2.91 bits per heavy atom. The molecule has 0 bridgehead atoms. The van der Waals surface area contributed by atoms with Crippen LogP contribution in [-0.4, -0.2) is 21.0 Å². The van der Waals surface area contributed by atoms with E-state index >= 15 is 0 Å². The van der Waals surface area contributed by atoms with E-state index in [1.54, 1.807) is 0 Å². The Morgan fingerprint density at radius 1 is 1.73 bits per heavy atom. The van der Waals surface area contributed by atoms with E-state index in [0.29, 0.717) is 11.4 Å². The van der Waals surface area contributed by atoms with Gasteiger partial charge in [0.15, 0.2) is 0 Å². The lowest BCUT2D eigenvalue weighted by Crippen LogP contribution is -2.03. The molecule has 0 amide bonds. The Balaban J connectivity index is 3.12. The largest absolute Gasteiger partial charge is 0.478 e. The molecule has 0 atom stereocenters. The third-order valence-electron chi connectivity index (χ3n) is 1.17. The maximum atomic E-state index is 10.5. The molecule has 1 N–H and O–H groups in total. The van der Waals surface area contributed by atoms with Crippen molar-refractivity contribution in [1.29, 1.82) is 0 Å². The van der Waals surface area contributed by atoms with Gasteiger partial charge in [0.1, 0.15) is 11.9 Å². The van der Waals surface area contributed by atoms with Crippen molar-refractivity contribution in [3.05, 3.63) is 23.8 Å². The van der Waals surface area contributed by atoms with E-state index in [4.69, 9.17) is 5.11 Å². The molecule has 0 aliphatic rings. The van der Waals surface area contributed by atoms with Gasteiger partial charge in [-0.1, -0.05) is 0 Å². The van der Waals surface area contributed by atoms with Gasteiger partial charge in [0.25, 0.3) is 0 Å². The van der Waals surface area contributed by atoms with Gasteiger partial charge >= 0.3 is 5.97 Å². The van der Waals surface area contributed by atoms with Crippen LogP contribution < -0.4 is 0 Å². The number of carboxylic acids is 1. The molecule has 0 saturated carbocycles. The molecule has 0 radical (unpaired) electrons. The molecule has 5 heteroatoms. The lowest BCUT2D eigenvalue weighted by atomic mass is 10.2. The summed E-state index contributed by atoms with van der Waals surface area (Å²) in [6, 6.07) is 0. The van der Waals surface area contributed by atoms with Crippen LogP contribution >= 0.6 is 12.6 Å². The number of nitrogens with zero attached hydrogens (tertiary/aromatic N) is 2. The quantitative estimate of drug-likeness (QED) is 0.638. The van der Waals surface area contributed by atoms with Crippen molar-refractivity contribution in [2.45, 2.75) is 5.75 Å². The molecule has 1 aromatic heterocycles. The van der Waals surface area contributed by atoms with Crippen LogP contribution in [0.5, 0.6) is 0 Å². The SMILES string of the molecule is O=C(O)c1cncnc1CS. The van der Waals surface area contributed by atoms with Gasteiger partial charge in [0.05, 0.1) is 5.69 Å². The lowest BCUT2D eigenvalue weighted by Gasteiger charge is -1.97. The molecule has 0 unspecified atom stereocenters. The topological polar surface area (TPSA) is 63.1 Å². The first-order valence-electron chi connectivity index (χ1n) is 2.88. The zero-order chi connectivity index (χ0) is 8.27. The van der Waals surface area contributed by atoms with Gasteiger partial charge in [-0.2, -0.15) is 12.6 Å². The first-order valence-corrected chi connectivity index (χ1v) is 3.52. The monoisotopic (exact) mass is 170 g/mol. The number of rotatable bonds is 2. The summed E-state index contributed by atoms with van der Waals surface area (Å²) in [4.78, 5) is 17.8. The molecule has 1 aromatic rings. The van der Waals surface area contributed by atoms with Gasteiger partial charge in [-0.05, 0) is 0 Å². The number of hydrogen-bond acceptors (Lipinski definition) is 4. The Hall–Kier alpha value is -1.10. The van der Waals surface area contributed by atoms with Crippen molar-refractivity contribution < 1.29 is 9.90 Å². The Labute approximate surface area is 68.7 Å². The summed E-state index contributed by atoms with van der Waals surface area (Å²) in [7, 11) is 0. The highest BCUT2D eigenvalue weighted by Crippen LogP contribution is 2.05. The van der Waals surface area contributed by atoms with E-state index < -0.39 is 5.97 Å². The highest BCUT2D eigenvalue weighted by Gasteiger charge is 2.08. The van der Waals surface area contributed by atoms with Crippen molar-refractivity contribution >= 4 is 18.6 Å². The normalized spacial score (nSPS) is 9.55. The maximum Gasteiger partial charge on any atom is 0.339 e. The molecule has 0 aromatic carbocycles. The molecule has 58 valence electrons. The van der Waals surface area contributed by atoms with Crippen molar-refractivity contribution in [2.75, 3.05) is 0 Å². The summed E-state index contributed by atoms with van der Waals surface area (Å²) in [5.74, 6) is -0.709. The fraction of sp³-hybridized carbons (Fsp3) is 0.167. The molecule has 0 aliphatic carbocycles. The minimum absolute atomic E-state index is 0.113. The number of carbonyl (C=O) groups is 1. The second-order valence-electron chi connectivity index (χ2n) is 1.85. The summed E-state index contributed by atoms with van der Waals surface area (Å²) in [5, 5.41) is 8.58. The molecular weight excluding hydrogens is 164 g/mol. The molecule has 0 saturated heterocycles. The second kappa shape index (κ2) is 3.34. The minimum Gasteiger partial charge on any atom is -0.478 e. The number of aromatic carboxylic acids is 1. The van der Waals surface area contributed by atoms with Crippen LogP contribution in [0.25, 0.3) is 0 Å². The van der Waals surface area contributed by atoms with Gasteiger partial charge in [0, 0.05) is 11.9 Å². The van der Waals surface area contributed by atoms with E-state index in [9.17, 15) is 4.79 Å². The standard InChI is InChI=1S/C6H6N2O2S/c9-6(10)4-1-7-3-8-5(4)2-11/h1,3,11H,2H2,(H,9,10). The molecule has 0 spiro atoms. The van der Waals surface area contributed by atoms with Crippen LogP contribution in [0.15, 0.2) is 12.5 Å². The molecule has 0 aliphatic heterocycles. The summed E-state index contributed by atoms with van der Waals surface area (Å²) < 4.78 is 0. The van der Waals surface area contributed by atoms with Crippen LogP contribution in [-0.2, 0) is 5.75 Å². The predicted molar refractivity (Wildman–Crippen MR) is 41.7 cm³/mol. The van der Waals surface area contributed by atoms with Gasteiger partial charge in [-0.25, -0.2) is 14.8 Å². The summed E-state index contributed by atoms with van der Waals surface area (Å²) >= 11 is 3.92. The number of thiol groups is 1. The first kappa shape index (κ1) is 8.00. The van der Waals surface area contributed by atoms with Gasteiger partial charge in [-0.15, -0.1) is 0 Å². The third-order valence-corrected chi connectivity index (χ3v) is 1.47. The van der Waals surface area contributed by atoms with E-state index in [-0.39, 0.29) is 5.56 Å². The molecule has 4 nitrogen and oxygen atoms in total. The third kappa shape index (κ3) is 1.68. The Morgan fingerprint density at radius 2 is 2.45 bits per heavy atom. The molecule has 11 heavy (non-hydrogen) atoms. The Bertz CT molecular complexity index is 277. The van der Waals surface area contributed by atoms with Crippen LogP contribution in [0.4, 0.5) is 0 Å². The van der Waals surface area contributed by atoms with Gasteiger partial charge in [0.2, 0.25) is 0 Å². The average molecular weight is 170 g/mol. The van der Waals surface area contributed by atoms with Crippen molar-refractivity contribution in [2.24, 2.45) is 0 Å². The van der Waals surface area contributed by atoms with Gasteiger partial charge < -0.3 is 5.11 Å². The number of hydrogen-bond donors (Lipinski definition) is 2. The summed E-state index contributed by atoms with van der Waals surface area (Å²) in [6.07, 6.45) is 2.57. The minimum atomic E-state index is -1.02. The van der Waals surface area contributed by atoms with Crippen LogP contribution in [0.3, 0.4) is 0 Å². The summed E-state index contributed by atoms with van der Waals surface area (Å²) in [6.45, 7) is 0. The Kier molecular flexibility index (Phi) is 2.43. The van der Waals surface area contributed by atoms with Crippen LogP contribution in [0.2, 0.25) is 0 Å². The van der Waals surface area contributed by atoms with E-state index in [1.807, 2.05) is 0 Å². The predicted octanol–water partition coefficient (Wildman–Crippen LogP) is 0.605. The van der Waals surface area contributed by atoms with Crippen LogP contribution in [0, 0.1) is 0 Å². The first-order chi connectivity index (χ1) is 5.25. The van der Waals surface area contributed by atoms with E-state index in [1.165, 1.54) is 12.5 Å². The van der Waals surface area contributed by atoms with Gasteiger partial charge in [-0.3, -0.25) is 0 Å². The smallest absolute Gasteiger partial charge is 0.339 e. The lowest BCUT2D eigenvalue weighted by molar-refractivity contribution is 0.0695. The second-order valence-corrected chi connectivity index (χ2v) is 2.16. The van der Waals surface area contributed by atoms with Crippen molar-refractivity contribution in [1.82, 2.24) is 9.97 Å². The molecule has 0 fully saturated rings. The van der Waals surface area contributed by atoms with E-state index in [0.717, 1.165) is 0 Å². The zero-order valence-corrected chi connectivity index (χ0v) is 6.45. The van der Waals surface area contributed by atoms with E-state index in [2.05, 4.69) is 22.6 Å². The van der Waals surface area contributed by atoms with Crippen molar-refractivity contribution in [3.8, 4) is 0 Å². The summed E-state index contributed by atoms with van der Waals surface area (Å²) in [5.41, 5.74) is 0.554. The number of carboxylic acid groups (broad SMARTS) is 1. The molecule has 1 heterocycles. The fourth-order valence-electron chi connectivity index (χ4n) is 0.660. The van der Waals surface area contributed by atoms with Crippen molar-refractivity contribution in [3.63, 3.8) is 0 Å². The number of aromatic nitrogens is 2. The maximum absolute atomic E-state index is 10.5. The van der Waals surface area contributed by atoms with Crippen LogP contribution in [0.1, 0.15) is 16.1 Å². The molecular formula is C6H6N2O2S. The molecule has 1 rings (SSSR count).